The van der Waals surface area contributed by atoms with E-state index in [-0.39, 0.29) is 17.8 Å². The molecule has 0 heterocycles. The van der Waals surface area contributed by atoms with Crippen LogP contribution < -0.4 is 14.8 Å². The first kappa shape index (κ1) is 15.7. The van der Waals surface area contributed by atoms with Crippen LogP contribution in [0, 0.1) is 0 Å². The maximum Gasteiger partial charge on any atom is 0.416 e. The average Bonchev–Trinajstić information content (AvgIpc) is 2.49. The number of nitrogens with one attached hydrogen (secondary N) is 1. The summed E-state index contributed by atoms with van der Waals surface area (Å²) in [5.74, 6) is 1.12. The third-order valence-electron chi connectivity index (χ3n) is 2.81. The first-order valence-electron chi connectivity index (χ1n) is 6.17. The predicted molar refractivity (Wildman–Crippen MR) is 74.2 cm³/mol. The molecule has 0 saturated heterocycles. The third-order valence-corrected chi connectivity index (χ3v) is 2.81. The molecule has 0 spiro atoms. The molecule has 7 heteroatoms. The van der Waals surface area contributed by atoms with Gasteiger partial charge in [-0.05, 0) is 42.5 Å². The topological polar surface area (TPSA) is 47.6 Å². The Labute approximate surface area is 124 Å². The second-order valence-electron chi connectivity index (χ2n) is 4.25. The molecule has 0 atom stereocenters. The van der Waals surface area contributed by atoms with Gasteiger partial charge in [0.1, 0.15) is 11.5 Å². The highest BCUT2D eigenvalue weighted by Crippen LogP contribution is 2.36. The molecule has 2 rings (SSSR count). The van der Waals surface area contributed by atoms with Crippen LogP contribution in [0.3, 0.4) is 0 Å². The Morgan fingerprint density at radius 3 is 2.23 bits per heavy atom. The lowest BCUT2D eigenvalue weighted by atomic mass is 10.2. The Balaban J connectivity index is 2.30. The van der Waals surface area contributed by atoms with E-state index in [0.717, 1.165) is 18.2 Å². The highest BCUT2D eigenvalue weighted by atomic mass is 19.4. The summed E-state index contributed by atoms with van der Waals surface area (Å²) in [6.07, 6.45) is -4.21. The predicted octanol–water partition coefficient (Wildman–Crippen LogP) is 4.07. The van der Waals surface area contributed by atoms with Gasteiger partial charge in [0.25, 0.3) is 0 Å². The van der Waals surface area contributed by atoms with E-state index < -0.39 is 11.7 Å². The molecule has 2 aromatic carbocycles. The second kappa shape index (κ2) is 6.38. The van der Waals surface area contributed by atoms with Crippen LogP contribution in [0.5, 0.6) is 17.2 Å². The van der Waals surface area contributed by atoms with E-state index in [1.54, 1.807) is 24.3 Å². The highest BCUT2D eigenvalue weighted by molar-refractivity contribution is 5.76. The number of benzene rings is 2. The summed E-state index contributed by atoms with van der Waals surface area (Å²) >= 11 is 0. The van der Waals surface area contributed by atoms with Gasteiger partial charge in [0.15, 0.2) is 5.75 Å². The SMILES string of the molecule is COc1ccc(Oc2ccc(C(F)(F)F)cc2NC=O)cc1. The van der Waals surface area contributed by atoms with Gasteiger partial charge in [0.2, 0.25) is 6.41 Å². The molecule has 0 aromatic heterocycles. The molecule has 0 aliphatic carbocycles. The fourth-order valence-electron chi connectivity index (χ4n) is 1.74. The minimum Gasteiger partial charge on any atom is -0.497 e. The summed E-state index contributed by atoms with van der Waals surface area (Å²) in [6, 6.07) is 9.34. The molecule has 0 saturated carbocycles. The largest absolute Gasteiger partial charge is 0.497 e. The average molecular weight is 311 g/mol. The van der Waals surface area contributed by atoms with E-state index >= 15 is 0 Å². The van der Waals surface area contributed by atoms with Crippen molar-refractivity contribution in [1.82, 2.24) is 0 Å². The molecule has 0 aliphatic rings. The summed E-state index contributed by atoms with van der Waals surface area (Å²) < 4.78 is 48.5. The molecule has 116 valence electrons. The lowest BCUT2D eigenvalue weighted by molar-refractivity contribution is -0.137. The van der Waals surface area contributed by atoms with Gasteiger partial charge in [-0.25, -0.2) is 0 Å². The summed E-state index contributed by atoms with van der Waals surface area (Å²) in [7, 11) is 1.51. The van der Waals surface area contributed by atoms with Crippen LogP contribution in [0.25, 0.3) is 0 Å². The van der Waals surface area contributed by atoms with E-state index in [0.29, 0.717) is 11.5 Å². The first-order chi connectivity index (χ1) is 10.4. The minimum atomic E-state index is -4.50. The van der Waals surface area contributed by atoms with Crippen molar-refractivity contribution in [2.45, 2.75) is 6.18 Å². The molecule has 22 heavy (non-hydrogen) atoms. The van der Waals surface area contributed by atoms with Gasteiger partial charge in [-0.2, -0.15) is 13.2 Å². The highest BCUT2D eigenvalue weighted by Gasteiger charge is 2.31. The molecule has 0 bridgehead atoms. The molecule has 2 aromatic rings. The van der Waals surface area contributed by atoms with Crippen LogP contribution in [-0.4, -0.2) is 13.5 Å². The lowest BCUT2D eigenvalue weighted by Crippen LogP contribution is -2.06. The van der Waals surface area contributed by atoms with Crippen molar-refractivity contribution in [3.8, 4) is 17.2 Å². The van der Waals surface area contributed by atoms with Crippen LogP contribution in [0.4, 0.5) is 18.9 Å². The Bertz CT molecular complexity index is 654. The molecule has 0 fully saturated rings. The van der Waals surface area contributed by atoms with Gasteiger partial charge in [-0.3, -0.25) is 4.79 Å². The maximum atomic E-state index is 12.7. The summed E-state index contributed by atoms with van der Waals surface area (Å²) in [5.41, 5.74) is -0.945. The summed E-state index contributed by atoms with van der Waals surface area (Å²) in [4.78, 5) is 10.6. The fraction of sp³-hybridized carbons (Fsp3) is 0.133. The number of halogens is 3. The molecule has 0 aliphatic heterocycles. The fourth-order valence-corrected chi connectivity index (χ4v) is 1.74. The number of alkyl halides is 3. The number of hydrogen-bond donors (Lipinski definition) is 1. The van der Waals surface area contributed by atoms with Gasteiger partial charge >= 0.3 is 6.18 Å². The zero-order valence-electron chi connectivity index (χ0n) is 11.5. The smallest absolute Gasteiger partial charge is 0.416 e. The van der Waals surface area contributed by atoms with Crippen LogP contribution in [0.15, 0.2) is 42.5 Å². The Morgan fingerprint density at radius 2 is 1.68 bits per heavy atom. The molecule has 1 amide bonds. The number of amides is 1. The lowest BCUT2D eigenvalue weighted by Gasteiger charge is -2.13. The molecule has 4 nitrogen and oxygen atoms in total. The molecule has 1 N–H and O–H groups in total. The quantitative estimate of drug-likeness (QED) is 0.847. The van der Waals surface area contributed by atoms with Crippen molar-refractivity contribution in [3.05, 3.63) is 48.0 Å². The van der Waals surface area contributed by atoms with Gasteiger partial charge < -0.3 is 14.8 Å². The van der Waals surface area contributed by atoms with E-state index in [1.165, 1.54) is 7.11 Å². The summed E-state index contributed by atoms with van der Waals surface area (Å²) in [5, 5.41) is 2.20. The van der Waals surface area contributed by atoms with Crippen LogP contribution >= 0.6 is 0 Å². The van der Waals surface area contributed by atoms with E-state index in [4.69, 9.17) is 9.47 Å². The third kappa shape index (κ3) is 3.69. The molecule has 0 unspecified atom stereocenters. The van der Waals surface area contributed by atoms with Crippen molar-refractivity contribution in [2.24, 2.45) is 0 Å². The number of anilines is 1. The second-order valence-corrected chi connectivity index (χ2v) is 4.25. The minimum absolute atomic E-state index is 0.0688. The Hall–Kier alpha value is -2.70. The number of hydrogen-bond acceptors (Lipinski definition) is 3. The first-order valence-corrected chi connectivity index (χ1v) is 6.17. The summed E-state index contributed by atoms with van der Waals surface area (Å²) in [6.45, 7) is 0. The van der Waals surface area contributed by atoms with Gasteiger partial charge in [-0.15, -0.1) is 0 Å². The Kier molecular flexibility index (Phi) is 4.55. The van der Waals surface area contributed by atoms with Crippen LogP contribution in [-0.2, 0) is 11.0 Å². The number of carbonyl (C=O) groups is 1. The maximum absolute atomic E-state index is 12.7. The monoisotopic (exact) mass is 311 g/mol. The van der Waals surface area contributed by atoms with Crippen molar-refractivity contribution < 1.29 is 27.4 Å². The number of carbonyl (C=O) groups excluding carboxylic acids is 1. The van der Waals surface area contributed by atoms with Crippen molar-refractivity contribution in [1.29, 1.82) is 0 Å². The van der Waals surface area contributed by atoms with Gasteiger partial charge in [0.05, 0.1) is 18.4 Å². The van der Waals surface area contributed by atoms with Crippen molar-refractivity contribution >= 4 is 12.1 Å². The molecular formula is C15H12F3NO3. The number of ether oxygens (including phenoxy) is 2. The van der Waals surface area contributed by atoms with Crippen molar-refractivity contribution in [2.75, 3.05) is 12.4 Å². The Morgan fingerprint density at radius 1 is 1.05 bits per heavy atom. The standard InChI is InChI=1S/C15H12F3NO3/c1-21-11-3-5-12(6-4-11)22-14-7-2-10(15(16,17)18)8-13(14)19-9-20/h2-9H,1H3,(H,19,20). The number of methoxy groups -OCH3 is 1. The van der Waals surface area contributed by atoms with Gasteiger partial charge in [-0.1, -0.05) is 0 Å². The zero-order valence-corrected chi connectivity index (χ0v) is 11.5. The molecular weight excluding hydrogens is 299 g/mol. The van der Waals surface area contributed by atoms with Crippen LogP contribution in [0.1, 0.15) is 5.56 Å². The molecule has 0 radical (unpaired) electrons. The van der Waals surface area contributed by atoms with Crippen molar-refractivity contribution in [3.63, 3.8) is 0 Å². The number of rotatable bonds is 5. The van der Waals surface area contributed by atoms with E-state index in [1.807, 2.05) is 0 Å². The van der Waals surface area contributed by atoms with Gasteiger partial charge in [0, 0.05) is 0 Å². The normalized spacial score (nSPS) is 10.9. The van der Waals surface area contributed by atoms with E-state index in [2.05, 4.69) is 5.32 Å². The van der Waals surface area contributed by atoms with Crippen LogP contribution in [0.2, 0.25) is 0 Å². The zero-order chi connectivity index (χ0) is 16.2. The van der Waals surface area contributed by atoms with E-state index in [9.17, 15) is 18.0 Å².